The number of benzene rings is 2. The highest BCUT2D eigenvalue weighted by Crippen LogP contribution is 2.41. The van der Waals surface area contributed by atoms with Crippen LogP contribution in [-0.4, -0.2) is 14.2 Å². The molecule has 13 heteroatoms. The van der Waals surface area contributed by atoms with Gasteiger partial charge in [-0.25, -0.2) is 8.77 Å². The zero-order chi connectivity index (χ0) is 21.6. The minimum atomic E-state index is -1.97. The van der Waals surface area contributed by atoms with Crippen LogP contribution in [0.3, 0.4) is 0 Å². The number of hydrogen-bond donors (Lipinski definition) is 0. The van der Waals surface area contributed by atoms with Crippen LogP contribution in [0.1, 0.15) is 0 Å². The van der Waals surface area contributed by atoms with Crippen molar-refractivity contribution in [3.63, 3.8) is 0 Å². The van der Waals surface area contributed by atoms with Crippen LogP contribution in [0.25, 0.3) is 22.0 Å². The Kier molecular flexibility index (Phi) is 7.32. The van der Waals surface area contributed by atoms with Crippen LogP contribution >= 0.6 is 105 Å². The third-order valence-electron chi connectivity index (χ3n) is 3.54. The van der Waals surface area contributed by atoms with E-state index in [1.165, 1.54) is 0 Å². The van der Waals surface area contributed by atoms with Crippen molar-refractivity contribution in [1.82, 2.24) is 7.94 Å². The Hall–Kier alpha value is 0.110. The predicted molar refractivity (Wildman–Crippen MR) is 129 cm³/mol. The fourth-order valence-corrected chi connectivity index (χ4v) is 5.06. The highest BCUT2D eigenvalue weighted by Gasteiger charge is 2.29. The average Bonchev–Trinajstić information content (AvgIpc) is 2.61. The first-order valence-electron chi connectivity index (χ1n) is 7.46. The second kappa shape index (κ2) is 8.93. The molecule has 154 valence electrons. The van der Waals surface area contributed by atoms with Crippen molar-refractivity contribution in [1.29, 1.82) is 0 Å². The molecule has 0 atom stereocenters. The molecule has 0 fully saturated rings. The lowest BCUT2D eigenvalue weighted by Gasteiger charge is -2.18. The number of fused-ring (bicyclic) bond motifs is 1. The van der Waals surface area contributed by atoms with Crippen molar-refractivity contribution in [2.45, 2.75) is 6.25 Å². The van der Waals surface area contributed by atoms with Crippen molar-refractivity contribution in [3.8, 4) is 11.1 Å². The molecule has 3 aromatic rings. The van der Waals surface area contributed by atoms with E-state index in [2.05, 4.69) is 0 Å². The molecule has 1 aromatic heterocycles. The van der Waals surface area contributed by atoms with E-state index in [0.29, 0.717) is 38.5 Å². The van der Waals surface area contributed by atoms with Crippen LogP contribution in [0.15, 0.2) is 52.1 Å². The Bertz CT molecular complexity index is 1180. The minimum absolute atomic E-state index is 0.167. The Balaban J connectivity index is 2.32. The second-order valence-corrected chi connectivity index (χ2v) is 14.2. The fraction of sp³-hybridized carbons (Fsp3) is 0.125. The van der Waals surface area contributed by atoms with E-state index in [1.807, 2.05) is 0 Å². The monoisotopic (exact) mass is 568 g/mol. The second-order valence-electron chi connectivity index (χ2n) is 5.49. The van der Waals surface area contributed by atoms with Gasteiger partial charge < -0.3 is 0 Å². The lowest BCUT2D eigenvalue weighted by Crippen LogP contribution is -2.37. The number of aromatic nitrogens is 2. The molecule has 0 saturated heterocycles. The van der Waals surface area contributed by atoms with E-state index in [4.69, 9.17) is 81.2 Å². The van der Waals surface area contributed by atoms with Crippen molar-refractivity contribution >= 4 is 116 Å². The van der Waals surface area contributed by atoms with E-state index < -0.39 is 17.5 Å². The molecule has 0 N–H and O–H groups in total. The molecular formula is C16H7Cl7N2O2S2. The van der Waals surface area contributed by atoms with E-state index in [0.717, 1.165) is 9.54 Å². The SMILES string of the molecule is O=c1c2cc(-c3ccc(Cl)cc3)ccc2n(SC(Cl)(Cl)Cl)c(=O)n1SC(Cl)(Cl)Cl. The van der Waals surface area contributed by atoms with E-state index in [-0.39, 0.29) is 10.9 Å². The Morgan fingerprint density at radius 1 is 0.724 bits per heavy atom. The smallest absolute Gasteiger partial charge is 0.267 e. The predicted octanol–water partition coefficient (Wildman–Crippen LogP) is 7.13. The molecule has 0 aliphatic heterocycles. The number of hydrogen-bond acceptors (Lipinski definition) is 4. The van der Waals surface area contributed by atoms with Crippen molar-refractivity contribution in [3.05, 3.63) is 68.3 Å². The van der Waals surface area contributed by atoms with Crippen LogP contribution in [0.2, 0.25) is 5.02 Å². The number of nitrogens with zero attached hydrogens (tertiary/aromatic N) is 2. The summed E-state index contributed by atoms with van der Waals surface area (Å²) in [5.41, 5.74) is 0.270. The molecule has 1 heterocycles. The minimum Gasteiger partial charge on any atom is -0.267 e. The van der Waals surface area contributed by atoms with Gasteiger partial charge in [-0.05, 0) is 35.4 Å². The summed E-state index contributed by atoms with van der Waals surface area (Å²) in [6.07, 6.45) is 0. The van der Waals surface area contributed by atoms with Gasteiger partial charge in [-0.2, -0.15) is 3.97 Å². The molecule has 0 amide bonds. The maximum absolute atomic E-state index is 13.0. The van der Waals surface area contributed by atoms with E-state index in [9.17, 15) is 9.59 Å². The molecule has 0 aliphatic carbocycles. The zero-order valence-electron chi connectivity index (χ0n) is 13.7. The standard InChI is InChI=1S/C16H7Cl7N2O2S2/c17-10-4-1-8(2-5-10)9-3-6-12-11(7-9)13(26)25(29-16(21,22)23)14(27)24(12)28-15(18,19)20/h1-7H. The summed E-state index contributed by atoms with van der Waals surface area (Å²) in [6.45, 7) is 0. The Morgan fingerprint density at radius 3 is 1.79 bits per heavy atom. The first-order valence-corrected chi connectivity index (χ1v) is 11.7. The van der Waals surface area contributed by atoms with Gasteiger partial charge in [-0.15, -0.1) is 0 Å². The number of alkyl halides is 6. The van der Waals surface area contributed by atoms with Crippen LogP contribution in [0.5, 0.6) is 0 Å². The summed E-state index contributed by atoms with van der Waals surface area (Å²) >= 11 is 41.8. The van der Waals surface area contributed by atoms with E-state index in [1.54, 1.807) is 42.5 Å². The Morgan fingerprint density at radius 2 is 1.24 bits per heavy atom. The van der Waals surface area contributed by atoms with Crippen molar-refractivity contribution in [2.24, 2.45) is 0 Å². The molecule has 0 saturated carbocycles. The number of rotatable bonds is 3. The molecule has 0 bridgehead atoms. The van der Waals surface area contributed by atoms with Gasteiger partial charge in [-0.1, -0.05) is 99.4 Å². The lowest BCUT2D eigenvalue weighted by molar-refractivity contribution is 0.980. The molecule has 2 aromatic carbocycles. The molecule has 0 aliphatic rings. The highest BCUT2D eigenvalue weighted by atomic mass is 35.6. The third kappa shape index (κ3) is 5.88. The van der Waals surface area contributed by atoms with Gasteiger partial charge in [0.05, 0.1) is 10.9 Å². The van der Waals surface area contributed by atoms with Gasteiger partial charge in [0, 0.05) is 28.9 Å². The van der Waals surface area contributed by atoms with Gasteiger partial charge in [-0.3, -0.25) is 4.79 Å². The molecule has 0 spiro atoms. The van der Waals surface area contributed by atoms with Crippen molar-refractivity contribution < 1.29 is 0 Å². The largest absolute Gasteiger partial charge is 0.352 e. The summed E-state index contributed by atoms with van der Waals surface area (Å²) in [4.78, 5) is 25.9. The summed E-state index contributed by atoms with van der Waals surface area (Å²) in [7, 11) is 0. The normalized spacial score (nSPS) is 12.5. The Labute approximate surface area is 208 Å². The van der Waals surface area contributed by atoms with Gasteiger partial charge in [0.25, 0.3) is 11.8 Å². The topological polar surface area (TPSA) is 44.0 Å². The summed E-state index contributed by atoms with van der Waals surface area (Å²) in [5.74, 6) is 0. The third-order valence-corrected chi connectivity index (χ3v) is 6.49. The molecule has 3 rings (SSSR count). The highest BCUT2D eigenvalue weighted by molar-refractivity contribution is 8.04. The van der Waals surface area contributed by atoms with Gasteiger partial charge >= 0.3 is 5.69 Å². The molecule has 0 radical (unpaired) electrons. The molecule has 4 nitrogen and oxygen atoms in total. The van der Waals surface area contributed by atoms with E-state index >= 15 is 0 Å². The quantitative estimate of drug-likeness (QED) is 0.314. The first kappa shape index (κ1) is 23.8. The van der Waals surface area contributed by atoms with Crippen LogP contribution in [0, 0.1) is 0 Å². The maximum Gasteiger partial charge on any atom is 0.352 e. The summed E-state index contributed by atoms with van der Waals surface area (Å²) in [5, 5.41) is 0.740. The zero-order valence-corrected chi connectivity index (χ0v) is 20.6. The van der Waals surface area contributed by atoms with Crippen LogP contribution in [0.4, 0.5) is 0 Å². The molecule has 29 heavy (non-hydrogen) atoms. The van der Waals surface area contributed by atoms with Crippen LogP contribution in [-0.2, 0) is 0 Å². The molecular weight excluding hydrogens is 564 g/mol. The fourth-order valence-electron chi connectivity index (χ4n) is 2.46. The average molecular weight is 572 g/mol. The number of halogens is 7. The van der Waals surface area contributed by atoms with Gasteiger partial charge in [0.2, 0.25) is 0 Å². The summed E-state index contributed by atoms with van der Waals surface area (Å²) in [6, 6.07) is 11.9. The van der Waals surface area contributed by atoms with Crippen LogP contribution < -0.4 is 11.2 Å². The first-order chi connectivity index (χ1) is 13.4. The van der Waals surface area contributed by atoms with Gasteiger partial charge in [0.15, 0.2) is 0 Å². The lowest BCUT2D eigenvalue weighted by atomic mass is 10.0. The maximum atomic E-state index is 13.0. The summed E-state index contributed by atoms with van der Waals surface area (Å²) < 4.78 is -2.06. The molecule has 0 unspecified atom stereocenters. The van der Waals surface area contributed by atoms with Gasteiger partial charge in [0.1, 0.15) is 0 Å². The van der Waals surface area contributed by atoms with Crippen molar-refractivity contribution in [2.75, 3.05) is 0 Å².